The first-order valence-corrected chi connectivity index (χ1v) is 7.33. The van der Waals surface area contributed by atoms with Crippen LogP contribution in [0.25, 0.3) is 0 Å². The van der Waals surface area contributed by atoms with Crippen LogP contribution in [0.15, 0.2) is 24.3 Å². The number of likely N-dealkylation sites (N-methyl/N-ethyl adjacent to an activating group) is 1. The molecular formula is C16H25N3O. The molecule has 1 aliphatic heterocycles. The van der Waals surface area contributed by atoms with Crippen LogP contribution >= 0.6 is 0 Å². The normalized spacial score (nSPS) is 18.1. The van der Waals surface area contributed by atoms with Crippen molar-refractivity contribution in [1.82, 2.24) is 15.5 Å². The number of amides is 1. The molecule has 4 nitrogen and oxygen atoms in total. The van der Waals surface area contributed by atoms with Gasteiger partial charge in [-0.1, -0.05) is 38.1 Å². The number of fused-ring (bicyclic) bond motifs is 1. The van der Waals surface area contributed by atoms with E-state index in [-0.39, 0.29) is 11.9 Å². The summed E-state index contributed by atoms with van der Waals surface area (Å²) in [5.41, 5.74) is 2.67. The molecule has 2 N–H and O–H groups in total. The molecule has 0 aliphatic carbocycles. The molecule has 1 amide bonds. The summed E-state index contributed by atoms with van der Waals surface area (Å²) in [6.07, 6.45) is 0. The van der Waals surface area contributed by atoms with E-state index in [1.54, 1.807) is 0 Å². The number of carbonyl (C=O) groups excluding carboxylic acids is 1. The van der Waals surface area contributed by atoms with Crippen molar-refractivity contribution in [2.75, 3.05) is 26.7 Å². The number of hydrogen-bond acceptors (Lipinski definition) is 3. The average Bonchev–Trinajstić information content (AvgIpc) is 2.44. The first-order valence-electron chi connectivity index (χ1n) is 7.33. The quantitative estimate of drug-likeness (QED) is 0.856. The summed E-state index contributed by atoms with van der Waals surface area (Å²) in [6.45, 7) is 7.20. The Balaban J connectivity index is 1.96. The predicted molar refractivity (Wildman–Crippen MR) is 81.4 cm³/mol. The molecule has 0 saturated carbocycles. The van der Waals surface area contributed by atoms with E-state index in [1.807, 2.05) is 7.05 Å². The summed E-state index contributed by atoms with van der Waals surface area (Å²) in [7, 11) is 2.02. The van der Waals surface area contributed by atoms with Gasteiger partial charge in [0.15, 0.2) is 0 Å². The first-order chi connectivity index (χ1) is 9.58. The van der Waals surface area contributed by atoms with Gasteiger partial charge >= 0.3 is 0 Å². The van der Waals surface area contributed by atoms with Crippen LogP contribution in [0.2, 0.25) is 0 Å². The van der Waals surface area contributed by atoms with E-state index in [1.165, 1.54) is 11.1 Å². The fourth-order valence-electron chi connectivity index (χ4n) is 2.58. The van der Waals surface area contributed by atoms with Crippen LogP contribution in [0.3, 0.4) is 0 Å². The van der Waals surface area contributed by atoms with Crippen molar-refractivity contribution >= 4 is 5.91 Å². The lowest BCUT2D eigenvalue weighted by Gasteiger charge is -2.33. The fourth-order valence-corrected chi connectivity index (χ4v) is 2.58. The van der Waals surface area contributed by atoms with Crippen LogP contribution in [0.1, 0.15) is 31.0 Å². The maximum absolute atomic E-state index is 11.9. The summed E-state index contributed by atoms with van der Waals surface area (Å²) in [5.74, 6) is 0.589. The van der Waals surface area contributed by atoms with Gasteiger partial charge in [-0.25, -0.2) is 0 Å². The molecule has 0 fully saturated rings. The van der Waals surface area contributed by atoms with Crippen molar-refractivity contribution in [2.45, 2.75) is 26.4 Å². The molecule has 1 unspecified atom stereocenters. The third kappa shape index (κ3) is 3.81. The maximum Gasteiger partial charge on any atom is 0.234 e. The zero-order valence-electron chi connectivity index (χ0n) is 12.6. The van der Waals surface area contributed by atoms with Gasteiger partial charge < -0.3 is 10.6 Å². The van der Waals surface area contributed by atoms with E-state index in [4.69, 9.17) is 0 Å². The SMILES string of the molecule is CC(C)CNC(=O)CN(C)C1CNCc2ccccc21. The van der Waals surface area contributed by atoms with Crippen molar-refractivity contribution < 1.29 is 4.79 Å². The van der Waals surface area contributed by atoms with E-state index >= 15 is 0 Å². The third-order valence-electron chi connectivity index (χ3n) is 3.70. The Morgan fingerprint density at radius 2 is 2.20 bits per heavy atom. The van der Waals surface area contributed by atoms with E-state index < -0.39 is 0 Å². The van der Waals surface area contributed by atoms with Crippen LogP contribution in [0.5, 0.6) is 0 Å². The largest absolute Gasteiger partial charge is 0.355 e. The molecule has 0 aromatic heterocycles. The van der Waals surface area contributed by atoms with Crippen molar-refractivity contribution in [3.05, 3.63) is 35.4 Å². The lowest BCUT2D eigenvalue weighted by Crippen LogP contribution is -2.43. The van der Waals surface area contributed by atoms with Crippen molar-refractivity contribution in [1.29, 1.82) is 0 Å². The third-order valence-corrected chi connectivity index (χ3v) is 3.70. The summed E-state index contributed by atoms with van der Waals surface area (Å²) in [5, 5.41) is 6.40. The van der Waals surface area contributed by atoms with E-state index in [2.05, 4.69) is 53.6 Å². The fraction of sp³-hybridized carbons (Fsp3) is 0.562. The Labute approximate surface area is 121 Å². The molecule has 20 heavy (non-hydrogen) atoms. The maximum atomic E-state index is 11.9. The van der Waals surface area contributed by atoms with Gasteiger partial charge in [0, 0.05) is 25.7 Å². The second-order valence-corrected chi connectivity index (χ2v) is 5.96. The molecule has 0 spiro atoms. The zero-order chi connectivity index (χ0) is 14.5. The number of hydrogen-bond donors (Lipinski definition) is 2. The molecule has 0 radical (unpaired) electrons. The topological polar surface area (TPSA) is 44.4 Å². The van der Waals surface area contributed by atoms with E-state index in [0.29, 0.717) is 12.5 Å². The molecule has 1 aliphatic rings. The second-order valence-electron chi connectivity index (χ2n) is 5.96. The van der Waals surface area contributed by atoms with E-state index in [9.17, 15) is 4.79 Å². The van der Waals surface area contributed by atoms with Gasteiger partial charge in [0.05, 0.1) is 6.54 Å². The van der Waals surface area contributed by atoms with E-state index in [0.717, 1.165) is 19.6 Å². The van der Waals surface area contributed by atoms with Gasteiger partial charge in [-0.2, -0.15) is 0 Å². The van der Waals surface area contributed by atoms with Gasteiger partial charge in [0.1, 0.15) is 0 Å². The van der Waals surface area contributed by atoms with Crippen LogP contribution in [0.4, 0.5) is 0 Å². The summed E-state index contributed by atoms with van der Waals surface area (Å²) in [6, 6.07) is 8.73. The molecule has 0 saturated heterocycles. The number of nitrogens with one attached hydrogen (secondary N) is 2. The number of benzene rings is 1. The highest BCUT2D eigenvalue weighted by Crippen LogP contribution is 2.25. The molecule has 1 aromatic carbocycles. The van der Waals surface area contributed by atoms with Crippen LogP contribution in [-0.4, -0.2) is 37.5 Å². The smallest absolute Gasteiger partial charge is 0.234 e. The summed E-state index contributed by atoms with van der Waals surface area (Å²) in [4.78, 5) is 14.1. The highest BCUT2D eigenvalue weighted by atomic mass is 16.2. The van der Waals surface area contributed by atoms with Crippen molar-refractivity contribution in [3.63, 3.8) is 0 Å². The number of carbonyl (C=O) groups is 1. The lowest BCUT2D eigenvalue weighted by atomic mass is 9.96. The van der Waals surface area contributed by atoms with Crippen molar-refractivity contribution in [3.8, 4) is 0 Å². The predicted octanol–water partition coefficient (Wildman–Crippen LogP) is 1.53. The molecule has 4 heteroatoms. The number of nitrogens with zero attached hydrogens (tertiary/aromatic N) is 1. The van der Waals surface area contributed by atoms with Gasteiger partial charge in [-0.3, -0.25) is 9.69 Å². The van der Waals surface area contributed by atoms with Crippen LogP contribution in [0, 0.1) is 5.92 Å². The standard InChI is InChI=1S/C16H25N3O/c1-12(2)8-18-16(20)11-19(3)15-10-17-9-13-6-4-5-7-14(13)15/h4-7,12,15,17H,8-11H2,1-3H3,(H,18,20). The molecule has 1 atom stereocenters. The highest BCUT2D eigenvalue weighted by Gasteiger charge is 2.24. The van der Waals surface area contributed by atoms with Crippen molar-refractivity contribution in [2.24, 2.45) is 5.92 Å². The summed E-state index contributed by atoms with van der Waals surface area (Å²) >= 11 is 0. The van der Waals surface area contributed by atoms with Crippen LogP contribution in [-0.2, 0) is 11.3 Å². The molecule has 0 bridgehead atoms. The minimum Gasteiger partial charge on any atom is -0.355 e. The Morgan fingerprint density at radius 3 is 2.95 bits per heavy atom. The minimum atomic E-state index is 0.101. The first kappa shape index (κ1) is 15.0. The Kier molecular flexibility index (Phi) is 5.15. The summed E-state index contributed by atoms with van der Waals surface area (Å²) < 4.78 is 0. The molecule has 1 aromatic rings. The van der Waals surface area contributed by atoms with Gasteiger partial charge in [-0.05, 0) is 24.1 Å². The molecular weight excluding hydrogens is 250 g/mol. The monoisotopic (exact) mass is 275 g/mol. The Morgan fingerprint density at radius 1 is 1.45 bits per heavy atom. The number of rotatable bonds is 5. The molecule has 110 valence electrons. The highest BCUT2D eigenvalue weighted by molar-refractivity contribution is 5.78. The second kappa shape index (κ2) is 6.86. The average molecular weight is 275 g/mol. The molecule has 2 rings (SSSR count). The van der Waals surface area contributed by atoms with Gasteiger partial charge in [-0.15, -0.1) is 0 Å². The zero-order valence-corrected chi connectivity index (χ0v) is 12.6. The van der Waals surface area contributed by atoms with Gasteiger partial charge in [0.2, 0.25) is 5.91 Å². The minimum absolute atomic E-state index is 0.101. The van der Waals surface area contributed by atoms with Crippen LogP contribution < -0.4 is 10.6 Å². The Hall–Kier alpha value is -1.39. The molecule has 1 heterocycles. The van der Waals surface area contributed by atoms with Gasteiger partial charge in [0.25, 0.3) is 0 Å². The lowest BCUT2D eigenvalue weighted by molar-refractivity contribution is -0.122. The Bertz CT molecular complexity index is 459.